The Kier molecular flexibility index (Phi) is 5.38. The van der Waals surface area contributed by atoms with Gasteiger partial charge in [0.25, 0.3) is 0 Å². The lowest BCUT2D eigenvalue weighted by Crippen LogP contribution is -2.40. The van der Waals surface area contributed by atoms with Crippen molar-refractivity contribution in [3.8, 4) is 11.3 Å². The largest absolute Gasteiger partial charge is 0.356 e. The van der Waals surface area contributed by atoms with E-state index in [9.17, 15) is 9.18 Å². The van der Waals surface area contributed by atoms with Crippen molar-refractivity contribution in [1.29, 1.82) is 0 Å². The lowest BCUT2D eigenvalue weighted by molar-refractivity contribution is -0.131. The molecule has 0 N–H and O–H groups in total. The van der Waals surface area contributed by atoms with Crippen molar-refractivity contribution >= 4 is 5.91 Å². The smallest absolute Gasteiger partial charge is 0.227 e. The number of hydrogen-bond acceptors (Lipinski definition) is 5. The van der Waals surface area contributed by atoms with E-state index < -0.39 is 0 Å². The van der Waals surface area contributed by atoms with Gasteiger partial charge in [-0.25, -0.2) is 14.4 Å². The first-order valence-electron chi connectivity index (χ1n) is 9.79. The summed E-state index contributed by atoms with van der Waals surface area (Å²) in [5, 5.41) is 3.97. The van der Waals surface area contributed by atoms with E-state index in [1.807, 2.05) is 24.8 Å². The molecule has 1 aliphatic rings. The van der Waals surface area contributed by atoms with Gasteiger partial charge in [-0.3, -0.25) is 4.79 Å². The third kappa shape index (κ3) is 4.18. The lowest BCUT2D eigenvalue weighted by atomic mass is 9.91. The monoisotopic (exact) mass is 394 g/mol. The summed E-state index contributed by atoms with van der Waals surface area (Å²) in [6.45, 7) is 4.93. The Morgan fingerprint density at radius 1 is 1.31 bits per heavy atom. The standard InChI is InChI=1S/C22H23FN4O2/c1-14-10-20(29-26-14)18-12-24-15(2)25-22(18)17-7-5-9-27(13-17)21(28)11-16-6-3-4-8-19(16)23/h3-4,6,8,10,12,17H,5,7,9,11,13H2,1-2H3/t17-/m0/s1. The van der Waals surface area contributed by atoms with Crippen LogP contribution in [-0.2, 0) is 11.2 Å². The van der Waals surface area contributed by atoms with Crippen molar-refractivity contribution in [3.63, 3.8) is 0 Å². The first-order valence-corrected chi connectivity index (χ1v) is 9.79. The summed E-state index contributed by atoms with van der Waals surface area (Å²) in [5.74, 6) is 0.962. The van der Waals surface area contributed by atoms with Crippen LogP contribution in [0, 0.1) is 19.7 Å². The first-order chi connectivity index (χ1) is 14.0. The number of benzene rings is 1. The molecule has 0 saturated carbocycles. The number of likely N-dealkylation sites (tertiary alicyclic amines) is 1. The fourth-order valence-corrected chi connectivity index (χ4v) is 3.82. The molecule has 1 amide bonds. The summed E-state index contributed by atoms with van der Waals surface area (Å²) in [5.41, 5.74) is 2.90. The normalized spacial score (nSPS) is 16.8. The van der Waals surface area contributed by atoms with Gasteiger partial charge >= 0.3 is 0 Å². The van der Waals surface area contributed by atoms with E-state index in [0.717, 1.165) is 29.8 Å². The SMILES string of the molecule is Cc1cc(-c2cnc(C)nc2[C@H]2CCCN(C(=O)Cc3ccccc3F)C2)on1. The van der Waals surface area contributed by atoms with E-state index in [1.165, 1.54) is 6.07 Å². The highest BCUT2D eigenvalue weighted by Gasteiger charge is 2.29. The molecule has 2 aromatic heterocycles. The number of carbonyl (C=O) groups excluding carboxylic acids is 1. The molecule has 0 unspecified atom stereocenters. The van der Waals surface area contributed by atoms with Crippen LogP contribution in [0.1, 0.15) is 41.5 Å². The van der Waals surface area contributed by atoms with Gasteiger partial charge < -0.3 is 9.42 Å². The number of amides is 1. The first kappa shape index (κ1) is 19.2. The second-order valence-corrected chi connectivity index (χ2v) is 7.50. The number of rotatable bonds is 4. The number of hydrogen-bond donors (Lipinski definition) is 0. The maximum atomic E-state index is 13.9. The fraction of sp³-hybridized carbons (Fsp3) is 0.364. The molecule has 0 radical (unpaired) electrons. The van der Waals surface area contributed by atoms with Crippen LogP contribution in [0.4, 0.5) is 4.39 Å². The minimum Gasteiger partial charge on any atom is -0.356 e. The number of aryl methyl sites for hydroxylation is 2. The molecule has 1 atom stereocenters. The molecule has 6 nitrogen and oxygen atoms in total. The van der Waals surface area contributed by atoms with E-state index in [2.05, 4.69) is 15.1 Å². The zero-order valence-electron chi connectivity index (χ0n) is 16.6. The van der Waals surface area contributed by atoms with Gasteiger partial charge in [0, 0.05) is 31.3 Å². The lowest BCUT2D eigenvalue weighted by Gasteiger charge is -2.33. The summed E-state index contributed by atoms with van der Waals surface area (Å²) < 4.78 is 19.4. The second-order valence-electron chi connectivity index (χ2n) is 7.50. The van der Waals surface area contributed by atoms with Crippen molar-refractivity contribution in [1.82, 2.24) is 20.0 Å². The van der Waals surface area contributed by atoms with Crippen LogP contribution in [-0.4, -0.2) is 39.0 Å². The van der Waals surface area contributed by atoms with E-state index >= 15 is 0 Å². The van der Waals surface area contributed by atoms with Gasteiger partial charge in [0.1, 0.15) is 11.6 Å². The molecule has 7 heteroatoms. The van der Waals surface area contributed by atoms with E-state index in [-0.39, 0.29) is 24.1 Å². The number of halogens is 1. The molecule has 29 heavy (non-hydrogen) atoms. The van der Waals surface area contributed by atoms with Crippen LogP contribution in [0.15, 0.2) is 41.1 Å². The summed E-state index contributed by atoms with van der Waals surface area (Å²) in [6, 6.07) is 8.29. The van der Waals surface area contributed by atoms with Gasteiger partial charge in [-0.15, -0.1) is 0 Å². The quantitative estimate of drug-likeness (QED) is 0.672. The number of aromatic nitrogens is 3. The predicted octanol–water partition coefficient (Wildman–Crippen LogP) is 3.84. The summed E-state index contributed by atoms with van der Waals surface area (Å²) in [7, 11) is 0. The molecular formula is C22H23FN4O2. The molecule has 0 bridgehead atoms. The average molecular weight is 394 g/mol. The van der Waals surface area contributed by atoms with Gasteiger partial charge in [-0.05, 0) is 38.3 Å². The molecular weight excluding hydrogens is 371 g/mol. The van der Waals surface area contributed by atoms with Crippen molar-refractivity contribution in [2.75, 3.05) is 13.1 Å². The zero-order valence-corrected chi connectivity index (χ0v) is 16.6. The Morgan fingerprint density at radius 2 is 2.14 bits per heavy atom. The van der Waals surface area contributed by atoms with Gasteiger partial charge in [-0.1, -0.05) is 23.4 Å². The maximum Gasteiger partial charge on any atom is 0.227 e. The Bertz CT molecular complexity index is 1030. The molecule has 0 spiro atoms. The van der Waals surface area contributed by atoms with Crippen molar-refractivity contribution < 1.29 is 13.7 Å². The number of piperidine rings is 1. The molecule has 0 aliphatic carbocycles. The van der Waals surface area contributed by atoms with E-state index in [4.69, 9.17) is 4.52 Å². The molecule has 150 valence electrons. The van der Waals surface area contributed by atoms with Crippen LogP contribution in [0.2, 0.25) is 0 Å². The zero-order chi connectivity index (χ0) is 20.4. The average Bonchev–Trinajstić information content (AvgIpc) is 3.16. The minimum atomic E-state index is -0.344. The van der Waals surface area contributed by atoms with Crippen molar-refractivity contribution in [3.05, 3.63) is 65.1 Å². The Balaban J connectivity index is 1.56. The summed E-state index contributed by atoms with van der Waals surface area (Å²) >= 11 is 0. The maximum absolute atomic E-state index is 13.9. The minimum absolute atomic E-state index is 0.0652. The predicted molar refractivity (Wildman–Crippen MR) is 106 cm³/mol. The molecule has 1 aromatic carbocycles. The Hall–Kier alpha value is -3.09. The number of carbonyl (C=O) groups is 1. The van der Waals surface area contributed by atoms with Gasteiger partial charge in [-0.2, -0.15) is 0 Å². The van der Waals surface area contributed by atoms with Crippen LogP contribution in [0.5, 0.6) is 0 Å². The van der Waals surface area contributed by atoms with E-state index in [0.29, 0.717) is 30.2 Å². The Morgan fingerprint density at radius 3 is 2.90 bits per heavy atom. The summed E-state index contributed by atoms with van der Waals surface area (Å²) in [6.07, 6.45) is 3.61. The molecule has 3 aromatic rings. The van der Waals surface area contributed by atoms with Crippen molar-refractivity contribution in [2.24, 2.45) is 0 Å². The molecule has 4 rings (SSSR count). The highest BCUT2D eigenvalue weighted by molar-refractivity contribution is 5.79. The fourth-order valence-electron chi connectivity index (χ4n) is 3.82. The highest BCUT2D eigenvalue weighted by Crippen LogP contribution is 2.33. The van der Waals surface area contributed by atoms with Crippen LogP contribution in [0.25, 0.3) is 11.3 Å². The molecule has 3 heterocycles. The van der Waals surface area contributed by atoms with E-state index in [1.54, 1.807) is 24.4 Å². The third-order valence-electron chi connectivity index (χ3n) is 5.29. The van der Waals surface area contributed by atoms with Gasteiger partial charge in [0.15, 0.2) is 5.76 Å². The second kappa shape index (κ2) is 8.11. The van der Waals surface area contributed by atoms with Crippen molar-refractivity contribution in [2.45, 2.75) is 39.0 Å². The molecule has 1 saturated heterocycles. The highest BCUT2D eigenvalue weighted by atomic mass is 19.1. The molecule has 1 fully saturated rings. The van der Waals surface area contributed by atoms with Crippen LogP contribution >= 0.6 is 0 Å². The number of nitrogens with zero attached hydrogens (tertiary/aromatic N) is 4. The Labute approximate surface area is 168 Å². The topological polar surface area (TPSA) is 72.1 Å². The summed E-state index contributed by atoms with van der Waals surface area (Å²) in [4.78, 5) is 23.6. The molecule has 1 aliphatic heterocycles. The van der Waals surface area contributed by atoms with Gasteiger partial charge in [0.2, 0.25) is 5.91 Å². The third-order valence-corrected chi connectivity index (χ3v) is 5.29. The van der Waals surface area contributed by atoms with Crippen LogP contribution in [0.3, 0.4) is 0 Å². The van der Waals surface area contributed by atoms with Gasteiger partial charge in [0.05, 0.1) is 23.4 Å². The van der Waals surface area contributed by atoms with Crippen LogP contribution < -0.4 is 0 Å².